The number of carbonyl (C=O) groups excluding carboxylic acids is 1. The van der Waals surface area contributed by atoms with Gasteiger partial charge in [0.2, 0.25) is 0 Å². The first-order chi connectivity index (χ1) is 18.5. The van der Waals surface area contributed by atoms with Crippen LogP contribution in [0.15, 0.2) is 95.8 Å². The second-order valence-corrected chi connectivity index (χ2v) is 9.80. The van der Waals surface area contributed by atoms with Gasteiger partial charge in [-0.25, -0.2) is 4.98 Å². The van der Waals surface area contributed by atoms with Crippen molar-refractivity contribution in [2.75, 3.05) is 6.54 Å². The van der Waals surface area contributed by atoms with Crippen LogP contribution in [0.25, 0.3) is 21.7 Å². The zero-order valence-electron chi connectivity index (χ0n) is 21.6. The van der Waals surface area contributed by atoms with E-state index < -0.39 is 6.04 Å². The van der Waals surface area contributed by atoms with Crippen molar-refractivity contribution in [3.8, 4) is 0 Å². The summed E-state index contributed by atoms with van der Waals surface area (Å²) in [6, 6.07) is 28.6. The van der Waals surface area contributed by atoms with Crippen LogP contribution in [-0.4, -0.2) is 26.9 Å². The number of carbonyl (C=O) groups is 1. The molecule has 0 aliphatic rings. The summed E-state index contributed by atoms with van der Waals surface area (Å²) < 4.78 is 1.69. The molecule has 1 atom stereocenters. The van der Waals surface area contributed by atoms with Gasteiger partial charge in [-0.1, -0.05) is 85.3 Å². The number of benzene rings is 4. The van der Waals surface area contributed by atoms with Gasteiger partial charge < -0.3 is 4.90 Å². The number of aromatic nitrogens is 2. The zero-order chi connectivity index (χ0) is 26.6. The molecule has 0 fully saturated rings. The number of hydrogen-bond donors (Lipinski definition) is 0. The number of fused-ring (bicyclic) bond motifs is 2. The molecule has 1 amide bonds. The van der Waals surface area contributed by atoms with Crippen LogP contribution in [0.3, 0.4) is 0 Å². The van der Waals surface area contributed by atoms with Gasteiger partial charge in [-0.05, 0) is 60.4 Å². The summed E-state index contributed by atoms with van der Waals surface area (Å²) in [4.78, 5) is 34.7. The molecule has 4 aromatic carbocycles. The minimum Gasteiger partial charge on any atom is -0.328 e. The van der Waals surface area contributed by atoms with Crippen molar-refractivity contribution in [2.24, 2.45) is 0 Å². The van der Waals surface area contributed by atoms with Gasteiger partial charge >= 0.3 is 0 Å². The summed E-state index contributed by atoms with van der Waals surface area (Å²) in [5, 5.41) is 2.96. The lowest BCUT2D eigenvalue weighted by Crippen LogP contribution is -2.40. The largest absolute Gasteiger partial charge is 0.328 e. The zero-order valence-corrected chi connectivity index (χ0v) is 22.4. The Morgan fingerprint density at radius 2 is 1.66 bits per heavy atom. The molecule has 5 aromatic rings. The third kappa shape index (κ3) is 4.94. The molecule has 1 aromatic heterocycles. The molecule has 5 nitrogen and oxygen atoms in total. The van der Waals surface area contributed by atoms with Crippen molar-refractivity contribution < 1.29 is 4.79 Å². The van der Waals surface area contributed by atoms with E-state index in [2.05, 4.69) is 12.1 Å². The molecule has 6 heteroatoms. The number of nitrogens with zero attached hydrogens (tertiary/aromatic N) is 3. The Hall–Kier alpha value is -3.96. The third-order valence-corrected chi connectivity index (χ3v) is 7.32. The maximum Gasteiger partial charge on any atom is 0.261 e. The molecule has 0 radical (unpaired) electrons. The molecule has 38 heavy (non-hydrogen) atoms. The van der Waals surface area contributed by atoms with Gasteiger partial charge in [-0.15, -0.1) is 0 Å². The van der Waals surface area contributed by atoms with E-state index >= 15 is 0 Å². The monoisotopic (exact) mass is 523 g/mol. The minimum atomic E-state index is -0.402. The van der Waals surface area contributed by atoms with E-state index in [4.69, 9.17) is 16.6 Å². The molecule has 5 rings (SSSR count). The highest BCUT2D eigenvalue weighted by Gasteiger charge is 2.29. The molecular weight excluding hydrogens is 494 g/mol. The molecule has 0 saturated carbocycles. The van der Waals surface area contributed by atoms with E-state index in [0.29, 0.717) is 53.2 Å². The fourth-order valence-corrected chi connectivity index (χ4v) is 5.34. The molecule has 0 bridgehead atoms. The fraction of sp³-hybridized carbons (Fsp3) is 0.219. The summed E-state index contributed by atoms with van der Waals surface area (Å²) >= 11 is 6.26. The average molecular weight is 524 g/mol. The fourth-order valence-electron chi connectivity index (χ4n) is 5.17. The summed E-state index contributed by atoms with van der Waals surface area (Å²) in [6.07, 6.45) is 1.29. The van der Waals surface area contributed by atoms with Gasteiger partial charge in [-0.2, -0.15) is 0 Å². The SMILES string of the molecule is CCC(c1nc2cc(Cl)ccc2c(=O)n1CC)N(CCc1ccccc1)C(=O)c1cccc2ccccc12. The Balaban J connectivity index is 1.66. The van der Waals surface area contributed by atoms with Crippen molar-refractivity contribution in [1.82, 2.24) is 14.5 Å². The highest BCUT2D eigenvalue weighted by atomic mass is 35.5. The molecule has 0 saturated heterocycles. The Bertz CT molecular complexity index is 1660. The van der Waals surface area contributed by atoms with Crippen LogP contribution in [0.2, 0.25) is 5.02 Å². The highest BCUT2D eigenvalue weighted by Crippen LogP contribution is 2.29. The molecule has 0 aliphatic carbocycles. The first-order valence-corrected chi connectivity index (χ1v) is 13.4. The van der Waals surface area contributed by atoms with Gasteiger partial charge in [0.25, 0.3) is 11.5 Å². The van der Waals surface area contributed by atoms with Crippen molar-refractivity contribution in [1.29, 1.82) is 0 Å². The first kappa shape index (κ1) is 25.7. The Kier molecular flexibility index (Phi) is 7.57. The van der Waals surface area contributed by atoms with E-state index in [9.17, 15) is 9.59 Å². The predicted molar refractivity (Wildman–Crippen MR) is 155 cm³/mol. The molecular formula is C32H30ClN3O2. The highest BCUT2D eigenvalue weighted by molar-refractivity contribution is 6.31. The lowest BCUT2D eigenvalue weighted by molar-refractivity contribution is 0.0661. The molecule has 0 aliphatic heterocycles. The Morgan fingerprint density at radius 1 is 0.921 bits per heavy atom. The van der Waals surface area contributed by atoms with E-state index in [1.165, 1.54) is 0 Å². The maximum absolute atomic E-state index is 14.3. The van der Waals surface area contributed by atoms with Crippen LogP contribution in [-0.2, 0) is 13.0 Å². The number of amides is 1. The first-order valence-electron chi connectivity index (χ1n) is 13.0. The summed E-state index contributed by atoms with van der Waals surface area (Å²) in [7, 11) is 0. The van der Waals surface area contributed by atoms with Crippen molar-refractivity contribution >= 4 is 39.2 Å². The van der Waals surface area contributed by atoms with Gasteiger partial charge in [0.1, 0.15) is 5.82 Å². The van der Waals surface area contributed by atoms with Crippen LogP contribution >= 0.6 is 11.6 Å². The smallest absolute Gasteiger partial charge is 0.261 e. The lowest BCUT2D eigenvalue weighted by atomic mass is 10.0. The second-order valence-electron chi connectivity index (χ2n) is 9.37. The summed E-state index contributed by atoms with van der Waals surface area (Å²) in [6.45, 7) is 4.90. The van der Waals surface area contributed by atoms with E-state index in [0.717, 1.165) is 16.3 Å². The maximum atomic E-state index is 14.3. The normalized spacial score (nSPS) is 12.1. The molecule has 1 heterocycles. The third-order valence-electron chi connectivity index (χ3n) is 7.09. The van der Waals surface area contributed by atoms with E-state index in [1.54, 1.807) is 22.8 Å². The van der Waals surface area contributed by atoms with Gasteiger partial charge in [0, 0.05) is 23.7 Å². The van der Waals surface area contributed by atoms with Crippen LogP contribution in [0.4, 0.5) is 0 Å². The number of hydrogen-bond acceptors (Lipinski definition) is 3. The molecule has 192 valence electrons. The van der Waals surface area contributed by atoms with Crippen LogP contribution in [0.5, 0.6) is 0 Å². The molecule has 0 spiro atoms. The van der Waals surface area contributed by atoms with Crippen LogP contribution in [0.1, 0.15) is 48.1 Å². The second kappa shape index (κ2) is 11.2. The minimum absolute atomic E-state index is 0.0762. The van der Waals surface area contributed by atoms with Gasteiger partial charge in [0.05, 0.1) is 16.9 Å². The summed E-state index contributed by atoms with van der Waals surface area (Å²) in [5.74, 6) is 0.504. The standard InChI is InChI=1S/C32H30ClN3O2/c1-3-29(30-34-28-21-24(33)17-18-27(28)32(38)35(30)4-2)36(20-19-22-11-6-5-7-12-22)31(37)26-16-10-14-23-13-8-9-15-25(23)26/h5-18,21,29H,3-4,19-20H2,1-2H3. The Labute approximate surface area is 227 Å². The lowest BCUT2D eigenvalue weighted by Gasteiger charge is -2.33. The molecule has 1 unspecified atom stereocenters. The van der Waals surface area contributed by atoms with Crippen molar-refractivity contribution in [3.63, 3.8) is 0 Å². The topological polar surface area (TPSA) is 55.2 Å². The van der Waals surface area contributed by atoms with Gasteiger partial charge in [-0.3, -0.25) is 14.2 Å². The van der Waals surface area contributed by atoms with E-state index in [1.807, 2.05) is 79.4 Å². The quantitative estimate of drug-likeness (QED) is 0.219. The van der Waals surface area contributed by atoms with Crippen molar-refractivity contribution in [3.05, 3.63) is 123 Å². The van der Waals surface area contributed by atoms with Gasteiger partial charge in [0.15, 0.2) is 0 Å². The molecule has 0 N–H and O–H groups in total. The van der Waals surface area contributed by atoms with Crippen LogP contribution < -0.4 is 5.56 Å². The number of rotatable bonds is 8. The number of halogens is 1. The van der Waals surface area contributed by atoms with Crippen LogP contribution in [0, 0.1) is 0 Å². The predicted octanol–water partition coefficient (Wildman–Crippen LogP) is 7.06. The Morgan fingerprint density at radius 3 is 2.42 bits per heavy atom. The van der Waals surface area contributed by atoms with Crippen molar-refractivity contribution in [2.45, 2.75) is 39.3 Å². The average Bonchev–Trinajstić information content (AvgIpc) is 2.95. The van der Waals surface area contributed by atoms with E-state index in [-0.39, 0.29) is 11.5 Å². The summed E-state index contributed by atoms with van der Waals surface area (Å²) in [5.41, 5.74) is 2.21.